The monoisotopic (exact) mass is 394 g/mol. The number of amides is 2. The summed E-state index contributed by atoms with van der Waals surface area (Å²) in [5, 5.41) is 6.72. The molecule has 0 aliphatic carbocycles. The van der Waals surface area contributed by atoms with Gasteiger partial charge in [0.05, 0.1) is 0 Å². The molecule has 0 bridgehead atoms. The molecule has 0 atom stereocenters. The second-order valence-corrected chi connectivity index (χ2v) is 6.44. The lowest BCUT2D eigenvalue weighted by molar-refractivity contribution is -0.124. The maximum atomic E-state index is 11.8. The number of rotatable bonds is 9. The Kier molecular flexibility index (Phi) is 8.25. The highest BCUT2D eigenvalue weighted by Gasteiger charge is 2.04. The molecule has 2 aromatic rings. The lowest BCUT2D eigenvalue weighted by atomic mass is 10.1. The number of hydrogen-bond donors (Lipinski definition) is 2. The van der Waals surface area contributed by atoms with Crippen molar-refractivity contribution in [3.8, 4) is 5.75 Å². The molecule has 7 heteroatoms. The maximum absolute atomic E-state index is 11.8. The van der Waals surface area contributed by atoms with Gasteiger partial charge in [-0.1, -0.05) is 35.3 Å². The van der Waals surface area contributed by atoms with Crippen molar-refractivity contribution in [1.29, 1.82) is 0 Å². The van der Waals surface area contributed by atoms with E-state index >= 15 is 0 Å². The molecular formula is C19H20Cl2N2O3. The number of hydrogen-bond acceptors (Lipinski definition) is 3. The summed E-state index contributed by atoms with van der Waals surface area (Å²) in [7, 11) is 0. The van der Waals surface area contributed by atoms with Crippen molar-refractivity contribution in [2.45, 2.75) is 12.8 Å². The van der Waals surface area contributed by atoms with E-state index in [1.54, 1.807) is 36.4 Å². The highest BCUT2D eigenvalue weighted by Crippen LogP contribution is 2.15. The predicted molar refractivity (Wildman–Crippen MR) is 103 cm³/mol. The first-order valence-electron chi connectivity index (χ1n) is 8.19. The van der Waals surface area contributed by atoms with E-state index in [1.807, 2.05) is 12.1 Å². The van der Waals surface area contributed by atoms with Gasteiger partial charge in [0.2, 0.25) is 5.91 Å². The van der Waals surface area contributed by atoms with E-state index in [2.05, 4.69) is 10.6 Å². The van der Waals surface area contributed by atoms with E-state index in [1.165, 1.54) is 0 Å². The van der Waals surface area contributed by atoms with E-state index in [4.69, 9.17) is 27.9 Å². The third kappa shape index (κ3) is 7.76. The Morgan fingerprint density at radius 2 is 1.35 bits per heavy atom. The molecule has 0 aliphatic rings. The van der Waals surface area contributed by atoms with Crippen molar-refractivity contribution in [1.82, 2.24) is 10.6 Å². The highest BCUT2D eigenvalue weighted by atomic mass is 35.5. The van der Waals surface area contributed by atoms with Gasteiger partial charge in [-0.2, -0.15) is 0 Å². The zero-order valence-corrected chi connectivity index (χ0v) is 15.6. The molecule has 0 aliphatic heterocycles. The van der Waals surface area contributed by atoms with Crippen LogP contribution in [0.25, 0.3) is 0 Å². The molecule has 2 rings (SSSR count). The standard InChI is InChI=1S/C19H20Cl2N2O3/c20-15-4-1-14(2-5-15)3-10-18(24)22-11-12-23-19(25)13-26-17-8-6-16(21)7-9-17/h1-2,4-9H,3,10-13H2,(H,22,24)(H,23,25). The van der Waals surface area contributed by atoms with Crippen molar-refractivity contribution in [2.75, 3.05) is 19.7 Å². The normalized spacial score (nSPS) is 10.2. The second kappa shape index (κ2) is 10.7. The molecule has 0 fully saturated rings. The predicted octanol–water partition coefficient (Wildman–Crippen LogP) is 3.24. The molecular weight excluding hydrogens is 375 g/mol. The van der Waals surface area contributed by atoms with Crippen LogP contribution in [0.2, 0.25) is 10.0 Å². The van der Waals surface area contributed by atoms with E-state index < -0.39 is 0 Å². The van der Waals surface area contributed by atoms with Crippen LogP contribution in [0.4, 0.5) is 0 Å². The topological polar surface area (TPSA) is 67.4 Å². The van der Waals surface area contributed by atoms with Crippen LogP contribution in [-0.2, 0) is 16.0 Å². The van der Waals surface area contributed by atoms with Gasteiger partial charge < -0.3 is 15.4 Å². The summed E-state index contributed by atoms with van der Waals surface area (Å²) in [5.41, 5.74) is 1.05. The molecule has 2 N–H and O–H groups in total. The number of aryl methyl sites for hydroxylation is 1. The van der Waals surface area contributed by atoms with Crippen molar-refractivity contribution in [2.24, 2.45) is 0 Å². The first-order valence-corrected chi connectivity index (χ1v) is 8.95. The zero-order valence-electron chi connectivity index (χ0n) is 14.1. The van der Waals surface area contributed by atoms with E-state index in [-0.39, 0.29) is 18.4 Å². The summed E-state index contributed by atoms with van der Waals surface area (Å²) >= 11 is 11.6. The minimum absolute atomic E-state index is 0.0633. The van der Waals surface area contributed by atoms with Crippen LogP contribution in [0, 0.1) is 0 Å². The van der Waals surface area contributed by atoms with Crippen LogP contribution in [-0.4, -0.2) is 31.5 Å². The Hall–Kier alpha value is -2.24. The molecule has 5 nitrogen and oxygen atoms in total. The van der Waals surface area contributed by atoms with Crippen LogP contribution in [0.15, 0.2) is 48.5 Å². The number of ether oxygens (including phenoxy) is 1. The summed E-state index contributed by atoms with van der Waals surface area (Å²) < 4.78 is 5.33. The summed E-state index contributed by atoms with van der Waals surface area (Å²) in [4.78, 5) is 23.5. The molecule has 0 saturated carbocycles. The van der Waals surface area contributed by atoms with Crippen LogP contribution >= 0.6 is 23.2 Å². The Balaban J connectivity index is 1.54. The molecule has 0 aromatic heterocycles. The highest BCUT2D eigenvalue weighted by molar-refractivity contribution is 6.30. The van der Waals surface area contributed by atoms with Gasteiger partial charge in [-0.3, -0.25) is 9.59 Å². The summed E-state index contributed by atoms with van der Waals surface area (Å²) in [6.45, 7) is 0.619. The Morgan fingerprint density at radius 3 is 1.96 bits per heavy atom. The molecule has 0 heterocycles. The largest absolute Gasteiger partial charge is 0.484 e. The van der Waals surface area contributed by atoms with Gasteiger partial charge in [0.25, 0.3) is 5.91 Å². The molecule has 26 heavy (non-hydrogen) atoms. The quantitative estimate of drug-likeness (QED) is 0.641. The minimum atomic E-state index is -0.254. The van der Waals surface area contributed by atoms with Crippen LogP contribution in [0.3, 0.4) is 0 Å². The lowest BCUT2D eigenvalue weighted by Gasteiger charge is -2.09. The SMILES string of the molecule is O=C(CCc1ccc(Cl)cc1)NCCNC(=O)COc1ccc(Cl)cc1. The Bertz CT molecular complexity index is 655. The molecule has 0 unspecified atom stereocenters. The average molecular weight is 395 g/mol. The van der Waals surface area contributed by atoms with Crippen molar-refractivity contribution < 1.29 is 14.3 Å². The second-order valence-electron chi connectivity index (χ2n) is 5.57. The van der Waals surface area contributed by atoms with Gasteiger partial charge >= 0.3 is 0 Å². The van der Waals surface area contributed by atoms with Crippen LogP contribution < -0.4 is 15.4 Å². The van der Waals surface area contributed by atoms with E-state index in [0.717, 1.165) is 5.56 Å². The van der Waals surface area contributed by atoms with Gasteiger partial charge in [-0.05, 0) is 48.4 Å². The van der Waals surface area contributed by atoms with Crippen molar-refractivity contribution >= 4 is 35.0 Å². The Labute approximate surface area is 162 Å². The van der Waals surface area contributed by atoms with E-state index in [0.29, 0.717) is 41.7 Å². The molecule has 0 spiro atoms. The van der Waals surface area contributed by atoms with Gasteiger partial charge in [0.1, 0.15) is 5.75 Å². The number of carbonyl (C=O) groups excluding carboxylic acids is 2. The van der Waals surface area contributed by atoms with Gasteiger partial charge in [0, 0.05) is 29.6 Å². The third-order valence-electron chi connectivity index (χ3n) is 3.51. The molecule has 0 radical (unpaired) electrons. The number of carbonyl (C=O) groups is 2. The smallest absolute Gasteiger partial charge is 0.258 e. The van der Waals surface area contributed by atoms with Crippen LogP contribution in [0.1, 0.15) is 12.0 Å². The van der Waals surface area contributed by atoms with Gasteiger partial charge in [0.15, 0.2) is 6.61 Å². The fraction of sp³-hybridized carbons (Fsp3) is 0.263. The maximum Gasteiger partial charge on any atom is 0.258 e. The third-order valence-corrected chi connectivity index (χ3v) is 4.01. The molecule has 2 amide bonds. The van der Waals surface area contributed by atoms with Crippen molar-refractivity contribution in [3.63, 3.8) is 0 Å². The van der Waals surface area contributed by atoms with Gasteiger partial charge in [-0.15, -0.1) is 0 Å². The molecule has 0 saturated heterocycles. The lowest BCUT2D eigenvalue weighted by Crippen LogP contribution is -2.36. The number of nitrogens with one attached hydrogen (secondary N) is 2. The summed E-state index contributed by atoms with van der Waals surface area (Å²) in [5.74, 6) is 0.252. The average Bonchev–Trinajstić information content (AvgIpc) is 2.64. The zero-order chi connectivity index (χ0) is 18.8. The minimum Gasteiger partial charge on any atom is -0.484 e. The molecule has 2 aromatic carbocycles. The van der Waals surface area contributed by atoms with Crippen LogP contribution in [0.5, 0.6) is 5.75 Å². The van der Waals surface area contributed by atoms with Crippen molar-refractivity contribution in [3.05, 3.63) is 64.1 Å². The van der Waals surface area contributed by atoms with Gasteiger partial charge in [-0.25, -0.2) is 0 Å². The fourth-order valence-corrected chi connectivity index (χ4v) is 2.38. The number of benzene rings is 2. The summed E-state index contributed by atoms with van der Waals surface area (Å²) in [6, 6.07) is 14.2. The first-order chi connectivity index (χ1) is 12.5. The molecule has 138 valence electrons. The number of halogens is 2. The fourth-order valence-electron chi connectivity index (χ4n) is 2.13. The van der Waals surface area contributed by atoms with E-state index in [9.17, 15) is 9.59 Å². The Morgan fingerprint density at radius 1 is 0.808 bits per heavy atom. The summed E-state index contributed by atoms with van der Waals surface area (Å²) in [6.07, 6.45) is 1.03. The first kappa shape index (κ1) is 20.1.